The molecule has 8 heteroatoms. The van der Waals surface area contributed by atoms with Gasteiger partial charge in [-0.3, -0.25) is 14.8 Å². The molecule has 1 aromatic heterocycles. The number of amides is 1. The van der Waals surface area contributed by atoms with E-state index in [1.807, 2.05) is 0 Å². The van der Waals surface area contributed by atoms with Crippen molar-refractivity contribution in [3.63, 3.8) is 0 Å². The quantitative estimate of drug-likeness (QED) is 0.901. The zero-order valence-electron chi connectivity index (χ0n) is 13.9. The van der Waals surface area contributed by atoms with Crippen molar-refractivity contribution < 1.29 is 23.1 Å². The van der Waals surface area contributed by atoms with Gasteiger partial charge in [-0.15, -0.1) is 0 Å². The van der Waals surface area contributed by atoms with Crippen LogP contribution >= 0.6 is 0 Å². The van der Waals surface area contributed by atoms with Gasteiger partial charge in [0, 0.05) is 37.6 Å². The summed E-state index contributed by atoms with van der Waals surface area (Å²) in [5, 5.41) is 10.2. The summed E-state index contributed by atoms with van der Waals surface area (Å²) in [7, 11) is 0. The van der Waals surface area contributed by atoms with Gasteiger partial charge in [0.05, 0.1) is 23.8 Å². The largest absolute Gasteiger partial charge is 0.416 e. The highest BCUT2D eigenvalue weighted by molar-refractivity contribution is 5.79. The standard InChI is InChI=1S/C18H18F3N3O2/c19-18(20,21)15-4-2-1-3-12(15)8-17(26)24-10-13(16(25)11-24)7-14-9-22-5-6-23-14/h1-6,9,13,16,25H,7-8,10-11H2/t13-,16-/m1/s1. The molecule has 1 aliphatic rings. The van der Waals surface area contributed by atoms with Crippen molar-refractivity contribution in [3.8, 4) is 0 Å². The number of carbonyl (C=O) groups excluding carboxylic acids is 1. The van der Waals surface area contributed by atoms with Crippen molar-refractivity contribution in [2.75, 3.05) is 13.1 Å². The van der Waals surface area contributed by atoms with Crippen LogP contribution in [0.1, 0.15) is 16.8 Å². The molecule has 0 aliphatic carbocycles. The minimum atomic E-state index is -4.50. The van der Waals surface area contributed by atoms with Gasteiger partial charge in [-0.1, -0.05) is 18.2 Å². The lowest BCUT2D eigenvalue weighted by molar-refractivity contribution is -0.138. The molecule has 138 valence electrons. The van der Waals surface area contributed by atoms with Gasteiger partial charge >= 0.3 is 6.18 Å². The Morgan fingerprint density at radius 3 is 2.69 bits per heavy atom. The number of hydrogen-bond donors (Lipinski definition) is 1. The molecule has 0 saturated carbocycles. The number of likely N-dealkylation sites (tertiary alicyclic amines) is 1. The fourth-order valence-electron chi connectivity index (χ4n) is 3.19. The second-order valence-corrected chi connectivity index (χ2v) is 6.36. The average molecular weight is 365 g/mol. The maximum atomic E-state index is 13.1. The fraction of sp³-hybridized carbons (Fsp3) is 0.389. The van der Waals surface area contributed by atoms with E-state index in [0.717, 1.165) is 6.07 Å². The van der Waals surface area contributed by atoms with E-state index in [2.05, 4.69) is 9.97 Å². The number of aromatic nitrogens is 2. The van der Waals surface area contributed by atoms with Gasteiger partial charge in [-0.25, -0.2) is 0 Å². The second kappa shape index (κ2) is 7.41. The highest BCUT2D eigenvalue weighted by Gasteiger charge is 2.36. The normalized spacial score (nSPS) is 20.4. The lowest BCUT2D eigenvalue weighted by atomic mass is 10.0. The van der Waals surface area contributed by atoms with Gasteiger partial charge in [0.15, 0.2) is 0 Å². The molecule has 5 nitrogen and oxygen atoms in total. The van der Waals surface area contributed by atoms with E-state index in [9.17, 15) is 23.1 Å². The zero-order chi connectivity index (χ0) is 18.7. The molecule has 1 saturated heterocycles. The lowest BCUT2D eigenvalue weighted by Gasteiger charge is -2.18. The van der Waals surface area contributed by atoms with Gasteiger partial charge in [0.1, 0.15) is 0 Å². The molecule has 1 fully saturated rings. The van der Waals surface area contributed by atoms with Crippen molar-refractivity contribution in [2.24, 2.45) is 5.92 Å². The van der Waals surface area contributed by atoms with Crippen LogP contribution in [0.15, 0.2) is 42.9 Å². The summed E-state index contributed by atoms with van der Waals surface area (Å²) in [6, 6.07) is 5.06. The second-order valence-electron chi connectivity index (χ2n) is 6.36. The van der Waals surface area contributed by atoms with E-state index in [1.165, 1.54) is 23.1 Å². The van der Waals surface area contributed by atoms with Crippen LogP contribution in [0.3, 0.4) is 0 Å². The van der Waals surface area contributed by atoms with Crippen molar-refractivity contribution in [1.29, 1.82) is 0 Å². The SMILES string of the molecule is O=C(Cc1ccccc1C(F)(F)F)N1C[C@@H](Cc2cnccn2)[C@H](O)C1. The first-order chi connectivity index (χ1) is 12.3. The number of hydrogen-bond acceptors (Lipinski definition) is 4. The summed E-state index contributed by atoms with van der Waals surface area (Å²) in [6.45, 7) is 0.392. The number of alkyl halides is 3. The third-order valence-electron chi connectivity index (χ3n) is 4.51. The van der Waals surface area contributed by atoms with Crippen LogP contribution in [0.5, 0.6) is 0 Å². The number of β-amino-alcohol motifs (C(OH)–C–C–N with tert-alkyl or cyclic N) is 1. The van der Waals surface area contributed by atoms with E-state index in [1.54, 1.807) is 18.6 Å². The van der Waals surface area contributed by atoms with E-state index >= 15 is 0 Å². The number of rotatable bonds is 4. The molecular formula is C18H18F3N3O2. The molecule has 26 heavy (non-hydrogen) atoms. The molecule has 0 unspecified atom stereocenters. The number of halogens is 3. The van der Waals surface area contributed by atoms with Gasteiger partial charge in [-0.05, 0) is 18.1 Å². The Morgan fingerprint density at radius 2 is 2.00 bits per heavy atom. The van der Waals surface area contributed by atoms with Crippen LogP contribution in [0.4, 0.5) is 13.2 Å². The number of nitrogens with zero attached hydrogens (tertiary/aromatic N) is 3. The number of aliphatic hydroxyl groups excluding tert-OH is 1. The summed E-state index contributed by atoms with van der Waals surface area (Å²) in [6.07, 6.45) is -0.445. The molecule has 0 radical (unpaired) electrons. The van der Waals surface area contributed by atoms with Gasteiger partial charge < -0.3 is 10.0 Å². The van der Waals surface area contributed by atoms with Crippen LogP contribution in [0.25, 0.3) is 0 Å². The first kappa shape index (κ1) is 18.3. The molecule has 3 rings (SSSR count). The van der Waals surface area contributed by atoms with Crippen LogP contribution < -0.4 is 0 Å². The van der Waals surface area contributed by atoms with E-state index in [-0.39, 0.29) is 31.0 Å². The van der Waals surface area contributed by atoms with Crippen LogP contribution in [-0.2, 0) is 23.8 Å². The number of benzene rings is 1. The third-order valence-corrected chi connectivity index (χ3v) is 4.51. The molecule has 1 amide bonds. The van der Waals surface area contributed by atoms with Crippen LogP contribution in [0.2, 0.25) is 0 Å². The van der Waals surface area contributed by atoms with Crippen molar-refractivity contribution in [2.45, 2.75) is 25.1 Å². The third kappa shape index (κ3) is 4.19. The van der Waals surface area contributed by atoms with Crippen LogP contribution in [-0.4, -0.2) is 45.1 Å². The summed E-state index contributed by atoms with van der Waals surface area (Å²) in [4.78, 5) is 22.0. The molecule has 0 bridgehead atoms. The minimum Gasteiger partial charge on any atom is -0.391 e. The predicted octanol–water partition coefficient (Wildman–Crippen LogP) is 2.10. The summed E-state index contributed by atoms with van der Waals surface area (Å²) < 4.78 is 39.2. The van der Waals surface area contributed by atoms with Crippen molar-refractivity contribution in [3.05, 3.63) is 59.7 Å². The lowest BCUT2D eigenvalue weighted by Crippen LogP contribution is -2.31. The Labute approximate surface area is 148 Å². The maximum Gasteiger partial charge on any atom is 0.416 e. The Hall–Kier alpha value is -2.48. The predicted molar refractivity (Wildman–Crippen MR) is 87.0 cm³/mol. The molecular weight excluding hydrogens is 347 g/mol. The zero-order valence-corrected chi connectivity index (χ0v) is 13.9. The topological polar surface area (TPSA) is 66.3 Å². The first-order valence-corrected chi connectivity index (χ1v) is 8.20. The van der Waals surface area contributed by atoms with Gasteiger partial charge in [0.2, 0.25) is 5.91 Å². The minimum absolute atomic E-state index is 0.0585. The smallest absolute Gasteiger partial charge is 0.391 e. The fourth-order valence-corrected chi connectivity index (χ4v) is 3.19. The Kier molecular flexibility index (Phi) is 5.22. The monoisotopic (exact) mass is 365 g/mol. The van der Waals surface area contributed by atoms with E-state index in [4.69, 9.17) is 0 Å². The summed E-state index contributed by atoms with van der Waals surface area (Å²) in [5.41, 5.74) is -0.158. The van der Waals surface area contributed by atoms with E-state index in [0.29, 0.717) is 12.1 Å². The molecule has 2 atom stereocenters. The number of aliphatic hydroxyl groups is 1. The van der Waals surface area contributed by atoms with E-state index < -0.39 is 23.8 Å². The van der Waals surface area contributed by atoms with Gasteiger partial charge in [0.25, 0.3) is 0 Å². The van der Waals surface area contributed by atoms with Crippen molar-refractivity contribution in [1.82, 2.24) is 14.9 Å². The summed E-state index contributed by atoms with van der Waals surface area (Å²) in [5.74, 6) is -0.643. The maximum absolute atomic E-state index is 13.1. The Morgan fingerprint density at radius 1 is 1.23 bits per heavy atom. The number of carbonyl (C=O) groups is 1. The highest BCUT2D eigenvalue weighted by atomic mass is 19.4. The summed E-state index contributed by atoms with van der Waals surface area (Å²) >= 11 is 0. The average Bonchev–Trinajstić information content (AvgIpc) is 2.96. The van der Waals surface area contributed by atoms with Crippen LogP contribution in [0, 0.1) is 5.92 Å². The van der Waals surface area contributed by atoms with Crippen molar-refractivity contribution >= 4 is 5.91 Å². The molecule has 1 aromatic carbocycles. The first-order valence-electron chi connectivity index (χ1n) is 8.20. The Balaban J connectivity index is 1.67. The highest BCUT2D eigenvalue weighted by Crippen LogP contribution is 2.32. The molecule has 1 aliphatic heterocycles. The molecule has 1 N–H and O–H groups in total. The molecule has 2 aromatic rings. The van der Waals surface area contributed by atoms with Gasteiger partial charge in [-0.2, -0.15) is 13.2 Å². The Bertz CT molecular complexity index is 768. The molecule has 2 heterocycles. The molecule has 0 spiro atoms.